The minimum absolute atomic E-state index is 0.0303. The number of hydrogen-bond donors (Lipinski definition) is 1. The molecule has 3 aromatic rings. The van der Waals surface area contributed by atoms with Crippen molar-refractivity contribution in [3.05, 3.63) is 59.5 Å². The minimum Gasteiger partial charge on any atom is -0.494 e. The maximum absolute atomic E-state index is 14.2. The maximum Gasteiger partial charge on any atom is 0.283 e. The molecule has 1 atom stereocenters. The average molecular weight is 407 g/mol. The fourth-order valence-corrected chi connectivity index (χ4v) is 3.04. The van der Waals surface area contributed by atoms with E-state index in [1.54, 1.807) is 6.07 Å². The summed E-state index contributed by atoms with van der Waals surface area (Å²) in [5.41, 5.74) is -0.775. The van der Waals surface area contributed by atoms with E-state index >= 15 is 0 Å². The molecule has 0 saturated carbocycles. The molecule has 28 heavy (non-hydrogen) atoms. The lowest BCUT2D eigenvalue weighted by Crippen LogP contribution is -2.01. The quantitative estimate of drug-likeness (QED) is 0.644. The van der Waals surface area contributed by atoms with E-state index in [2.05, 4.69) is 5.10 Å². The number of ether oxygens (including phenoxy) is 1. The van der Waals surface area contributed by atoms with Gasteiger partial charge in [-0.25, -0.2) is 22.1 Å². The second kappa shape index (κ2) is 7.84. The number of hydrogen-bond acceptors (Lipinski definition) is 4. The van der Waals surface area contributed by atoms with Crippen LogP contribution in [-0.4, -0.2) is 25.7 Å². The third kappa shape index (κ3) is 3.49. The Balaban J connectivity index is 2.26. The molecule has 2 aromatic carbocycles. The number of aromatic nitrogens is 2. The van der Waals surface area contributed by atoms with Crippen LogP contribution in [0.4, 0.5) is 13.2 Å². The molecule has 6 nitrogen and oxygen atoms in total. The highest BCUT2D eigenvalue weighted by Gasteiger charge is 2.26. The van der Waals surface area contributed by atoms with Crippen LogP contribution in [0.15, 0.2) is 47.4 Å². The number of rotatable bonds is 5. The molecule has 0 aliphatic carbocycles. The van der Waals surface area contributed by atoms with Gasteiger partial charge in [-0.3, -0.25) is 0 Å². The van der Waals surface area contributed by atoms with E-state index in [4.69, 9.17) is 9.29 Å². The number of halogens is 3. The van der Waals surface area contributed by atoms with Crippen molar-refractivity contribution in [2.75, 3.05) is 7.11 Å². The summed E-state index contributed by atoms with van der Waals surface area (Å²) >= 11 is -2.22. The van der Waals surface area contributed by atoms with E-state index in [9.17, 15) is 22.6 Å². The Labute approximate surface area is 160 Å². The summed E-state index contributed by atoms with van der Waals surface area (Å²) in [5.74, 6) is -0.779. The van der Waals surface area contributed by atoms with Crippen LogP contribution in [0, 0.1) is 17.1 Å². The topological polar surface area (TPSA) is 88.1 Å². The van der Waals surface area contributed by atoms with Gasteiger partial charge in [0.1, 0.15) is 17.3 Å². The van der Waals surface area contributed by atoms with Gasteiger partial charge in [-0.05, 0) is 42.5 Å². The van der Waals surface area contributed by atoms with E-state index in [0.29, 0.717) is 0 Å². The first-order valence-corrected chi connectivity index (χ1v) is 8.84. The zero-order chi connectivity index (χ0) is 20.4. The Bertz CT molecular complexity index is 1090. The molecule has 0 aliphatic rings. The predicted molar refractivity (Wildman–Crippen MR) is 94.2 cm³/mol. The van der Waals surface area contributed by atoms with E-state index in [-0.39, 0.29) is 27.6 Å². The van der Waals surface area contributed by atoms with E-state index in [0.717, 1.165) is 10.7 Å². The predicted octanol–water partition coefficient (Wildman–Crippen LogP) is 4.08. The molecule has 3 rings (SSSR count). The second-order valence-corrected chi connectivity index (χ2v) is 6.50. The lowest BCUT2D eigenvalue weighted by molar-refractivity contribution is 0.145. The first-order chi connectivity index (χ1) is 13.4. The van der Waals surface area contributed by atoms with Crippen molar-refractivity contribution in [3.8, 4) is 28.8 Å². The molecule has 0 saturated heterocycles. The molecule has 0 aliphatic heterocycles. The third-order valence-corrected chi connectivity index (χ3v) is 4.61. The third-order valence-electron chi connectivity index (χ3n) is 3.94. The Hall–Kier alpha value is -3.16. The van der Waals surface area contributed by atoms with Crippen molar-refractivity contribution in [2.24, 2.45) is 0 Å². The lowest BCUT2D eigenvalue weighted by atomic mass is 10.1. The number of benzene rings is 2. The monoisotopic (exact) mass is 407 g/mol. The molecule has 1 unspecified atom stereocenters. The molecule has 10 heteroatoms. The summed E-state index contributed by atoms with van der Waals surface area (Å²) in [6, 6.07) is 10.9. The summed E-state index contributed by atoms with van der Waals surface area (Å²) in [7, 11) is 1.28. The summed E-state index contributed by atoms with van der Waals surface area (Å²) in [5, 5.41) is 13.3. The SMILES string of the molecule is COc1ccc(-c2c(C#N)c(C(F)F)nn2-c2ccc(S(=O)O)cc2)cc1F. The molecular formula is C18H12F3N3O3S. The molecule has 0 fully saturated rings. The van der Waals surface area contributed by atoms with Crippen LogP contribution in [0.2, 0.25) is 0 Å². The summed E-state index contributed by atoms with van der Waals surface area (Å²) in [6.45, 7) is 0. The van der Waals surface area contributed by atoms with E-state index in [1.807, 2.05) is 0 Å². The van der Waals surface area contributed by atoms with Crippen molar-refractivity contribution in [1.29, 1.82) is 5.26 Å². The summed E-state index contributed by atoms with van der Waals surface area (Å²) in [4.78, 5) is 0.0996. The Morgan fingerprint density at radius 1 is 1.25 bits per heavy atom. The van der Waals surface area contributed by atoms with Crippen LogP contribution in [0.1, 0.15) is 17.7 Å². The van der Waals surface area contributed by atoms with Gasteiger partial charge in [0.05, 0.1) is 23.4 Å². The molecule has 0 bridgehead atoms. The number of methoxy groups -OCH3 is 1. The van der Waals surface area contributed by atoms with Gasteiger partial charge < -0.3 is 9.29 Å². The first-order valence-electron chi connectivity index (χ1n) is 7.73. The lowest BCUT2D eigenvalue weighted by Gasteiger charge is -2.10. The van der Waals surface area contributed by atoms with Gasteiger partial charge in [-0.15, -0.1) is 0 Å². The van der Waals surface area contributed by atoms with Gasteiger partial charge in [0.25, 0.3) is 6.43 Å². The van der Waals surface area contributed by atoms with Crippen molar-refractivity contribution in [1.82, 2.24) is 9.78 Å². The van der Waals surface area contributed by atoms with Crippen molar-refractivity contribution < 1.29 is 26.7 Å². The number of alkyl halides is 2. The average Bonchev–Trinajstić information content (AvgIpc) is 3.07. The normalized spacial score (nSPS) is 12.0. The van der Waals surface area contributed by atoms with Gasteiger partial charge in [0.15, 0.2) is 22.6 Å². The zero-order valence-corrected chi connectivity index (χ0v) is 15.1. The zero-order valence-electron chi connectivity index (χ0n) is 14.3. The van der Waals surface area contributed by atoms with Crippen LogP contribution in [0.25, 0.3) is 16.9 Å². The van der Waals surface area contributed by atoms with Crippen molar-refractivity contribution >= 4 is 11.1 Å². The van der Waals surface area contributed by atoms with E-state index in [1.165, 1.54) is 43.5 Å². The molecular weight excluding hydrogens is 395 g/mol. The smallest absolute Gasteiger partial charge is 0.283 e. The van der Waals surface area contributed by atoms with Crippen LogP contribution < -0.4 is 4.74 Å². The Kier molecular flexibility index (Phi) is 5.48. The molecule has 144 valence electrons. The van der Waals surface area contributed by atoms with Gasteiger partial charge in [-0.2, -0.15) is 10.4 Å². The van der Waals surface area contributed by atoms with E-state index < -0.39 is 34.6 Å². The highest BCUT2D eigenvalue weighted by molar-refractivity contribution is 7.79. The molecule has 0 radical (unpaired) electrons. The molecule has 1 heterocycles. The highest BCUT2D eigenvalue weighted by Crippen LogP contribution is 2.34. The second-order valence-electron chi connectivity index (χ2n) is 5.53. The number of nitriles is 1. The van der Waals surface area contributed by atoms with Crippen molar-refractivity contribution in [3.63, 3.8) is 0 Å². The van der Waals surface area contributed by atoms with Gasteiger partial charge in [0.2, 0.25) is 0 Å². The van der Waals surface area contributed by atoms with Crippen LogP contribution in [0.5, 0.6) is 5.75 Å². The van der Waals surface area contributed by atoms with Crippen molar-refractivity contribution in [2.45, 2.75) is 11.3 Å². The molecule has 0 spiro atoms. The van der Waals surface area contributed by atoms with Crippen LogP contribution >= 0.6 is 0 Å². The highest BCUT2D eigenvalue weighted by atomic mass is 32.2. The Morgan fingerprint density at radius 2 is 1.93 bits per heavy atom. The summed E-state index contributed by atoms with van der Waals surface area (Å²) in [6.07, 6.45) is -3.03. The largest absolute Gasteiger partial charge is 0.494 e. The van der Waals surface area contributed by atoms with Crippen LogP contribution in [0.3, 0.4) is 0 Å². The van der Waals surface area contributed by atoms with Gasteiger partial charge in [-0.1, -0.05) is 0 Å². The van der Waals surface area contributed by atoms with Gasteiger partial charge >= 0.3 is 0 Å². The fraction of sp³-hybridized carbons (Fsp3) is 0.111. The first kappa shape index (κ1) is 19.6. The minimum atomic E-state index is -3.03. The standard InChI is InChI=1S/C18H12F3N3O3S/c1-27-15-7-2-10(8-14(15)19)17-13(9-22)16(18(20)21)23-24(17)11-3-5-12(6-4-11)28(25)26/h2-8,18H,1H3,(H,25,26). The molecule has 1 aromatic heterocycles. The Morgan fingerprint density at radius 3 is 2.43 bits per heavy atom. The fourth-order valence-electron chi connectivity index (χ4n) is 2.67. The van der Waals surface area contributed by atoms with Gasteiger partial charge in [0, 0.05) is 5.56 Å². The summed E-state index contributed by atoms with van der Waals surface area (Å²) < 4.78 is 67.2. The molecule has 0 amide bonds. The maximum atomic E-state index is 14.2. The number of nitrogens with zero attached hydrogens (tertiary/aromatic N) is 3. The van der Waals surface area contributed by atoms with Crippen LogP contribution in [-0.2, 0) is 11.1 Å². The molecule has 1 N–H and O–H groups in total.